The maximum Gasteiger partial charge on any atom is 0.331 e. The Morgan fingerprint density at radius 2 is 1.74 bits per heavy atom. The Bertz CT molecular complexity index is 983. The van der Waals surface area contributed by atoms with Gasteiger partial charge in [-0.15, -0.1) is 0 Å². The van der Waals surface area contributed by atoms with Crippen molar-refractivity contribution in [3.05, 3.63) is 11.6 Å². The Kier molecular flexibility index (Phi) is 6.61. The van der Waals surface area contributed by atoms with Crippen LogP contribution in [0.1, 0.15) is 85.0 Å². The lowest BCUT2D eigenvalue weighted by molar-refractivity contribution is -0.291. The average Bonchev–Trinajstić information content (AvgIpc) is 3.41. The summed E-state index contributed by atoms with van der Waals surface area (Å²) in [6, 6.07) is 0. The van der Waals surface area contributed by atoms with E-state index in [1.165, 1.54) is 0 Å². The molecule has 214 valence electrons. The summed E-state index contributed by atoms with van der Waals surface area (Å²) in [6.45, 7) is 6.67. The summed E-state index contributed by atoms with van der Waals surface area (Å²) >= 11 is 0. The first-order valence-corrected chi connectivity index (χ1v) is 14.8. The maximum absolute atomic E-state index is 12.4. The molecule has 0 aromatic carbocycles. The number of cyclic esters (lactones) is 1. The highest BCUT2D eigenvalue weighted by atomic mass is 16.7. The van der Waals surface area contributed by atoms with Crippen molar-refractivity contribution < 1.29 is 39.1 Å². The van der Waals surface area contributed by atoms with Crippen LogP contribution >= 0.6 is 0 Å². The number of aliphatic hydroxyl groups excluding tert-OH is 1. The van der Waals surface area contributed by atoms with Gasteiger partial charge in [-0.05, 0) is 87.0 Å². The van der Waals surface area contributed by atoms with Gasteiger partial charge in [0.2, 0.25) is 0 Å². The SMILES string of the molecule is COC1CC(OC2CC[C@]3(C)[C@H]4CC[C@]5(C)[C@@H](C6=CC(=O)OC6)CC[C@]5(O)[C@@H]4CCC3(O)C2)OC(C)C1O. The van der Waals surface area contributed by atoms with Gasteiger partial charge in [-0.1, -0.05) is 13.8 Å². The van der Waals surface area contributed by atoms with Gasteiger partial charge >= 0.3 is 5.97 Å². The summed E-state index contributed by atoms with van der Waals surface area (Å²) in [6.07, 6.45) is 7.36. The third-order valence-electron chi connectivity index (χ3n) is 12.4. The van der Waals surface area contributed by atoms with Crippen molar-refractivity contribution >= 4 is 5.97 Å². The highest BCUT2D eigenvalue weighted by Gasteiger charge is 2.70. The standard InChI is InChI=1S/C30H46O8/c1-17-26(32)23(35-4)14-25(37-17)38-19-5-9-27(2)21-6-10-28(3)20(18-13-24(31)36-16-18)8-12-30(28,34)22(21)7-11-29(27,33)15-19/h13,17,19-23,25-26,32-34H,5-12,14-16H2,1-4H3/t17?,19?,20-,21+,22-,23?,25?,26?,27-,28-,29?,30+/m1/s1. The number of carbonyl (C=O) groups excluding carboxylic acids is 1. The van der Waals surface area contributed by atoms with Crippen LogP contribution in [0.4, 0.5) is 0 Å². The first kappa shape index (κ1) is 27.2. The van der Waals surface area contributed by atoms with E-state index in [2.05, 4.69) is 13.8 Å². The minimum Gasteiger partial charge on any atom is -0.458 e. The Morgan fingerprint density at radius 1 is 1.00 bits per heavy atom. The minimum absolute atomic E-state index is 0.116. The van der Waals surface area contributed by atoms with E-state index in [4.69, 9.17) is 18.9 Å². The van der Waals surface area contributed by atoms with Gasteiger partial charge < -0.3 is 34.3 Å². The number of carbonyl (C=O) groups is 1. The molecule has 12 atom stereocenters. The van der Waals surface area contributed by atoms with E-state index < -0.39 is 23.6 Å². The van der Waals surface area contributed by atoms with Crippen molar-refractivity contribution in [1.82, 2.24) is 0 Å². The molecule has 5 fully saturated rings. The predicted molar refractivity (Wildman–Crippen MR) is 138 cm³/mol. The zero-order valence-corrected chi connectivity index (χ0v) is 23.4. The van der Waals surface area contributed by atoms with Gasteiger partial charge in [-0.25, -0.2) is 4.79 Å². The van der Waals surface area contributed by atoms with Crippen LogP contribution in [-0.4, -0.2) is 76.9 Å². The third-order valence-corrected chi connectivity index (χ3v) is 12.4. The van der Waals surface area contributed by atoms with Gasteiger partial charge in [0.05, 0.1) is 29.5 Å². The van der Waals surface area contributed by atoms with Gasteiger partial charge in [0, 0.05) is 31.4 Å². The van der Waals surface area contributed by atoms with Crippen molar-refractivity contribution in [2.24, 2.45) is 28.6 Å². The molecule has 2 aliphatic heterocycles. The Hall–Kier alpha value is -1.03. The molecule has 0 spiro atoms. The summed E-state index contributed by atoms with van der Waals surface area (Å²) in [5.74, 6) is 0.293. The lowest BCUT2D eigenvalue weighted by Crippen LogP contribution is -2.67. The molecule has 6 unspecified atom stereocenters. The Balaban J connectivity index is 1.18. The molecule has 0 radical (unpaired) electrons. The molecule has 38 heavy (non-hydrogen) atoms. The number of aliphatic hydroxyl groups is 3. The molecule has 8 heteroatoms. The van der Waals surface area contributed by atoms with E-state index in [1.54, 1.807) is 13.2 Å². The second kappa shape index (κ2) is 9.25. The van der Waals surface area contributed by atoms with Crippen molar-refractivity contribution in [3.8, 4) is 0 Å². The topological polar surface area (TPSA) is 115 Å². The largest absolute Gasteiger partial charge is 0.458 e. The smallest absolute Gasteiger partial charge is 0.331 e. The van der Waals surface area contributed by atoms with Gasteiger partial charge in [-0.3, -0.25) is 0 Å². The van der Waals surface area contributed by atoms with Crippen LogP contribution in [0.5, 0.6) is 0 Å². The molecule has 6 aliphatic rings. The van der Waals surface area contributed by atoms with Crippen LogP contribution in [0.25, 0.3) is 0 Å². The fourth-order valence-corrected chi connectivity index (χ4v) is 10.0. The predicted octanol–water partition coefficient (Wildman–Crippen LogP) is 3.25. The second-order valence-corrected chi connectivity index (χ2v) is 13.8. The first-order valence-electron chi connectivity index (χ1n) is 14.8. The van der Waals surface area contributed by atoms with Gasteiger partial charge in [0.25, 0.3) is 0 Å². The van der Waals surface area contributed by atoms with Gasteiger partial charge in [0.1, 0.15) is 12.7 Å². The third kappa shape index (κ3) is 3.81. The van der Waals surface area contributed by atoms with E-state index in [1.807, 2.05) is 6.92 Å². The lowest BCUT2D eigenvalue weighted by Gasteiger charge is -2.66. The summed E-state index contributed by atoms with van der Waals surface area (Å²) in [7, 11) is 1.60. The minimum atomic E-state index is -0.853. The van der Waals surface area contributed by atoms with Crippen LogP contribution in [0.15, 0.2) is 11.6 Å². The van der Waals surface area contributed by atoms with Crippen molar-refractivity contribution in [1.29, 1.82) is 0 Å². The maximum atomic E-state index is 12.4. The van der Waals surface area contributed by atoms with Crippen molar-refractivity contribution in [2.75, 3.05) is 13.7 Å². The highest BCUT2D eigenvalue weighted by molar-refractivity contribution is 5.85. The molecule has 2 heterocycles. The molecule has 0 aromatic heterocycles. The highest BCUT2D eigenvalue weighted by Crippen LogP contribution is 2.70. The zero-order valence-electron chi connectivity index (χ0n) is 23.4. The van der Waals surface area contributed by atoms with Gasteiger partial charge in [-0.2, -0.15) is 0 Å². The number of ether oxygens (including phenoxy) is 4. The van der Waals surface area contributed by atoms with Crippen LogP contribution in [0, 0.1) is 28.6 Å². The van der Waals surface area contributed by atoms with E-state index in [0.717, 1.165) is 50.5 Å². The number of fused-ring (bicyclic) bond motifs is 5. The number of hydrogen-bond donors (Lipinski definition) is 3. The van der Waals surface area contributed by atoms with Crippen LogP contribution in [0.2, 0.25) is 0 Å². The molecule has 4 saturated carbocycles. The Labute approximate surface area is 226 Å². The normalized spacial score (nSPS) is 54.5. The van der Waals surface area contributed by atoms with E-state index in [-0.39, 0.29) is 52.9 Å². The lowest BCUT2D eigenvalue weighted by atomic mass is 9.42. The number of hydrogen-bond acceptors (Lipinski definition) is 8. The molecule has 0 aromatic rings. The fourth-order valence-electron chi connectivity index (χ4n) is 10.0. The number of methoxy groups -OCH3 is 1. The molecular formula is C30H46O8. The quantitative estimate of drug-likeness (QED) is 0.372. The molecule has 3 N–H and O–H groups in total. The second-order valence-electron chi connectivity index (χ2n) is 13.8. The average molecular weight is 535 g/mol. The fraction of sp³-hybridized carbons (Fsp3) is 0.900. The Morgan fingerprint density at radius 3 is 2.45 bits per heavy atom. The van der Waals surface area contributed by atoms with E-state index >= 15 is 0 Å². The van der Waals surface area contributed by atoms with Gasteiger partial charge in [0.15, 0.2) is 6.29 Å². The molecule has 8 nitrogen and oxygen atoms in total. The van der Waals surface area contributed by atoms with Crippen LogP contribution in [-0.2, 0) is 23.7 Å². The van der Waals surface area contributed by atoms with E-state index in [9.17, 15) is 20.1 Å². The monoisotopic (exact) mass is 534 g/mol. The molecular weight excluding hydrogens is 488 g/mol. The molecule has 6 rings (SSSR count). The van der Waals surface area contributed by atoms with Crippen molar-refractivity contribution in [3.63, 3.8) is 0 Å². The summed E-state index contributed by atoms with van der Waals surface area (Å²) in [5.41, 5.74) is -1.17. The molecule has 0 amide bonds. The summed E-state index contributed by atoms with van der Waals surface area (Å²) in [4.78, 5) is 11.8. The number of esters is 1. The van der Waals surface area contributed by atoms with Crippen molar-refractivity contribution in [2.45, 2.75) is 127 Å². The first-order chi connectivity index (χ1) is 17.9. The summed E-state index contributed by atoms with van der Waals surface area (Å²) in [5, 5.41) is 34.9. The summed E-state index contributed by atoms with van der Waals surface area (Å²) < 4.78 is 23.0. The van der Waals surface area contributed by atoms with Crippen LogP contribution < -0.4 is 0 Å². The van der Waals surface area contributed by atoms with E-state index in [0.29, 0.717) is 25.9 Å². The van der Waals surface area contributed by atoms with Crippen LogP contribution in [0.3, 0.4) is 0 Å². The molecule has 0 bridgehead atoms. The zero-order chi connectivity index (χ0) is 27.1. The number of rotatable bonds is 4. The molecule has 4 aliphatic carbocycles. The molecule has 1 saturated heterocycles.